The number of methoxy groups -OCH3 is 1. The Hall–Kier alpha value is -2.86. The molecule has 0 saturated carbocycles. The van der Waals surface area contributed by atoms with Gasteiger partial charge in [-0.2, -0.15) is 13.2 Å². The van der Waals surface area contributed by atoms with Crippen LogP contribution in [0.1, 0.15) is 33.5 Å². The highest BCUT2D eigenvalue weighted by molar-refractivity contribution is 6.34. The third-order valence-electron chi connectivity index (χ3n) is 6.06. The number of amides is 2. The van der Waals surface area contributed by atoms with Gasteiger partial charge in [-0.3, -0.25) is 14.4 Å². The van der Waals surface area contributed by atoms with Gasteiger partial charge in [0.1, 0.15) is 12.6 Å². The van der Waals surface area contributed by atoms with E-state index in [0.717, 1.165) is 17.2 Å². The van der Waals surface area contributed by atoms with E-state index in [2.05, 4.69) is 10.5 Å². The number of carbonyl (C=O) groups excluding carboxylic acids is 2. The zero-order valence-corrected chi connectivity index (χ0v) is 21.2. The predicted molar refractivity (Wildman–Crippen MR) is 128 cm³/mol. The van der Waals surface area contributed by atoms with Crippen LogP contribution in [0.2, 0.25) is 10.0 Å². The molecule has 2 heterocycles. The van der Waals surface area contributed by atoms with Gasteiger partial charge in [0.05, 0.1) is 18.9 Å². The summed E-state index contributed by atoms with van der Waals surface area (Å²) in [4.78, 5) is 35.5. The Morgan fingerprint density at radius 3 is 2.57 bits per heavy atom. The summed E-state index contributed by atoms with van der Waals surface area (Å²) in [5.74, 6) is -0.927. The van der Waals surface area contributed by atoms with Gasteiger partial charge in [0, 0.05) is 34.7 Å². The molecule has 2 aliphatic heterocycles. The molecule has 0 aromatic heterocycles. The lowest BCUT2D eigenvalue weighted by Crippen LogP contribution is -2.43. The van der Waals surface area contributed by atoms with Crippen LogP contribution in [0.3, 0.4) is 0 Å². The Balaban J connectivity index is 1.51. The number of aryl methyl sites for hydroxylation is 1. The number of hydrogen-bond donors (Lipinski definition) is 1. The number of ether oxygens (including phenoxy) is 1. The molecule has 2 atom stereocenters. The van der Waals surface area contributed by atoms with E-state index in [0.29, 0.717) is 11.1 Å². The van der Waals surface area contributed by atoms with Gasteiger partial charge in [0.2, 0.25) is 0 Å². The summed E-state index contributed by atoms with van der Waals surface area (Å²) in [6.07, 6.45) is -5.45. The summed E-state index contributed by atoms with van der Waals surface area (Å²) in [6.45, 7) is 2.11. The highest BCUT2D eigenvalue weighted by atomic mass is 35.5. The smallest absolute Gasteiger partial charge is 0.383 e. The summed E-state index contributed by atoms with van der Waals surface area (Å²) in [7, 11) is 1.49. The average Bonchev–Trinajstić information content (AvgIpc) is 3.42. The number of halogens is 5. The first-order valence-corrected chi connectivity index (χ1v) is 11.8. The Morgan fingerprint density at radius 2 is 1.95 bits per heavy atom. The lowest BCUT2D eigenvalue weighted by molar-refractivity contribution is -0.275. The van der Waals surface area contributed by atoms with E-state index >= 15 is 0 Å². The van der Waals surface area contributed by atoms with Gasteiger partial charge >= 0.3 is 6.18 Å². The fourth-order valence-corrected chi connectivity index (χ4v) is 4.63. The maximum atomic E-state index is 14.2. The van der Waals surface area contributed by atoms with E-state index in [1.807, 2.05) is 0 Å². The Labute approximate surface area is 220 Å². The molecule has 2 aromatic rings. The molecule has 13 heteroatoms. The molecule has 198 valence electrons. The maximum absolute atomic E-state index is 14.2. The van der Waals surface area contributed by atoms with E-state index in [1.54, 1.807) is 6.92 Å². The predicted octanol–water partition coefficient (Wildman–Crippen LogP) is 4.40. The molecule has 2 aliphatic rings. The topological polar surface area (TPSA) is 89.5 Å². The van der Waals surface area contributed by atoms with Gasteiger partial charge in [0.25, 0.3) is 17.4 Å². The second-order valence-electron chi connectivity index (χ2n) is 8.57. The molecule has 1 saturated heterocycles. The largest absolute Gasteiger partial charge is 0.435 e. The molecule has 2 amide bonds. The number of alkyl halides is 3. The van der Waals surface area contributed by atoms with Crippen LogP contribution in [0.15, 0.2) is 41.6 Å². The fraction of sp³-hybridized carbons (Fsp3) is 0.375. The molecule has 0 radical (unpaired) electrons. The highest BCUT2D eigenvalue weighted by Gasteiger charge is 2.62. The number of benzene rings is 2. The van der Waals surface area contributed by atoms with Crippen molar-refractivity contribution in [2.75, 3.05) is 26.9 Å². The first kappa shape index (κ1) is 27.2. The molecule has 0 aliphatic carbocycles. The van der Waals surface area contributed by atoms with Crippen molar-refractivity contribution in [3.8, 4) is 0 Å². The van der Waals surface area contributed by atoms with Crippen molar-refractivity contribution in [3.63, 3.8) is 0 Å². The number of nitrogens with zero attached hydrogens (tertiary/aromatic N) is 2. The van der Waals surface area contributed by atoms with Crippen LogP contribution in [0, 0.1) is 6.92 Å². The van der Waals surface area contributed by atoms with Crippen LogP contribution in [-0.4, -0.2) is 61.7 Å². The molecule has 37 heavy (non-hydrogen) atoms. The SMILES string of the molecule is COCCN1OC[C@@H](NC(=O)c2ccc(C3=NOC(c4cc(Cl)cc(Cl)c4)(C(F)(F)F)C3)cc2C)C1=O. The Kier molecular flexibility index (Phi) is 7.70. The molecule has 0 bridgehead atoms. The lowest BCUT2D eigenvalue weighted by atomic mass is 9.86. The van der Waals surface area contributed by atoms with Crippen molar-refractivity contribution in [1.82, 2.24) is 10.4 Å². The molecule has 4 rings (SSSR count). The summed E-state index contributed by atoms with van der Waals surface area (Å²) >= 11 is 11.9. The quantitative estimate of drug-likeness (QED) is 0.543. The molecular formula is C24H22Cl2F3N3O5. The van der Waals surface area contributed by atoms with Gasteiger partial charge in [-0.25, -0.2) is 5.06 Å². The third-order valence-corrected chi connectivity index (χ3v) is 6.50. The van der Waals surface area contributed by atoms with Gasteiger partial charge in [0.15, 0.2) is 0 Å². The van der Waals surface area contributed by atoms with E-state index in [-0.39, 0.29) is 46.6 Å². The number of hydroxylamine groups is 2. The number of nitrogens with one attached hydrogen (secondary N) is 1. The van der Waals surface area contributed by atoms with Gasteiger partial charge in [-0.15, -0.1) is 0 Å². The van der Waals surface area contributed by atoms with Crippen LogP contribution in [0.25, 0.3) is 0 Å². The third kappa shape index (κ3) is 5.40. The van der Waals surface area contributed by atoms with Crippen LogP contribution < -0.4 is 5.32 Å². The zero-order valence-electron chi connectivity index (χ0n) is 19.7. The van der Waals surface area contributed by atoms with Crippen LogP contribution >= 0.6 is 23.2 Å². The summed E-state index contributed by atoms with van der Waals surface area (Å²) in [5, 5.41) is 7.55. The molecule has 2 aromatic carbocycles. The minimum Gasteiger partial charge on any atom is -0.383 e. The lowest BCUT2D eigenvalue weighted by Gasteiger charge is -2.29. The summed E-state index contributed by atoms with van der Waals surface area (Å²) in [5.41, 5.74) is -1.94. The van der Waals surface area contributed by atoms with E-state index in [1.165, 1.54) is 31.4 Å². The number of hydrogen-bond acceptors (Lipinski definition) is 6. The minimum absolute atomic E-state index is 0.0212. The van der Waals surface area contributed by atoms with E-state index < -0.39 is 36.1 Å². The van der Waals surface area contributed by atoms with Gasteiger partial charge < -0.3 is 14.9 Å². The summed E-state index contributed by atoms with van der Waals surface area (Å²) in [6, 6.07) is 7.20. The second-order valence-corrected chi connectivity index (χ2v) is 9.45. The highest BCUT2D eigenvalue weighted by Crippen LogP contribution is 2.49. The maximum Gasteiger partial charge on any atom is 0.435 e. The van der Waals surface area contributed by atoms with Gasteiger partial charge in [-0.1, -0.05) is 34.4 Å². The standard InChI is InChI=1S/C24H22Cl2F3N3O5/c1-13-7-14(3-4-18(13)21(33)30-20-12-36-32(22(20)34)5-6-35-2)19-11-23(37-31-19,24(27,28)29)15-8-16(25)10-17(26)9-15/h3-4,7-10,20H,5-6,11-12H2,1-2H3,(H,30,33)/t20-,23?/m1/s1. The van der Waals surface area contributed by atoms with Crippen molar-refractivity contribution in [3.05, 3.63) is 68.7 Å². The first-order valence-electron chi connectivity index (χ1n) is 11.1. The van der Waals surface area contributed by atoms with Crippen molar-refractivity contribution in [2.45, 2.75) is 31.2 Å². The van der Waals surface area contributed by atoms with Crippen molar-refractivity contribution < 1.29 is 37.2 Å². The number of carbonyl (C=O) groups is 2. The molecule has 0 spiro atoms. The van der Waals surface area contributed by atoms with Crippen LogP contribution in [0.5, 0.6) is 0 Å². The van der Waals surface area contributed by atoms with E-state index in [9.17, 15) is 22.8 Å². The molecule has 1 N–H and O–H groups in total. The Bertz CT molecular complexity index is 1240. The van der Waals surface area contributed by atoms with Crippen molar-refractivity contribution in [1.29, 1.82) is 0 Å². The fourth-order valence-electron chi connectivity index (χ4n) is 4.11. The van der Waals surface area contributed by atoms with Crippen molar-refractivity contribution >= 4 is 40.7 Å². The monoisotopic (exact) mass is 559 g/mol. The number of oxime groups is 1. The molecule has 8 nitrogen and oxygen atoms in total. The van der Waals surface area contributed by atoms with E-state index in [4.69, 9.17) is 37.6 Å². The number of rotatable bonds is 7. The van der Waals surface area contributed by atoms with Crippen LogP contribution in [-0.2, 0) is 24.8 Å². The normalized spacial score (nSPS) is 21.7. The molecular weight excluding hydrogens is 538 g/mol. The zero-order chi connectivity index (χ0) is 27.0. The van der Waals surface area contributed by atoms with Gasteiger partial charge in [-0.05, 0) is 48.4 Å². The molecule has 1 fully saturated rings. The molecule has 1 unspecified atom stereocenters. The average molecular weight is 560 g/mol. The van der Waals surface area contributed by atoms with Crippen LogP contribution in [0.4, 0.5) is 13.2 Å². The minimum atomic E-state index is -4.83. The first-order chi connectivity index (χ1) is 17.4. The summed E-state index contributed by atoms with van der Waals surface area (Å²) < 4.78 is 47.6. The van der Waals surface area contributed by atoms with Crippen molar-refractivity contribution in [2.24, 2.45) is 5.16 Å². The second kappa shape index (κ2) is 10.5. The Morgan fingerprint density at radius 1 is 1.24 bits per heavy atom.